The summed E-state index contributed by atoms with van der Waals surface area (Å²) in [5.41, 5.74) is 2.66. The van der Waals surface area contributed by atoms with Crippen LogP contribution >= 0.6 is 0 Å². The summed E-state index contributed by atoms with van der Waals surface area (Å²) in [5, 5.41) is 0. The minimum absolute atomic E-state index is 0.0505. The third-order valence-electron chi connectivity index (χ3n) is 13.3. The van der Waals surface area contributed by atoms with E-state index in [1.807, 2.05) is 13.8 Å². The summed E-state index contributed by atoms with van der Waals surface area (Å²) in [4.78, 5) is 51.2. The topological polar surface area (TPSA) is 96.0 Å². The molecule has 3 saturated carbocycles. The van der Waals surface area contributed by atoms with Crippen LogP contribution in [0.5, 0.6) is 0 Å². The van der Waals surface area contributed by atoms with E-state index in [0.717, 1.165) is 32.1 Å². The van der Waals surface area contributed by atoms with Gasteiger partial charge in [-0.2, -0.15) is 0 Å². The Morgan fingerprint density at radius 1 is 0.891 bits per heavy atom. The maximum absolute atomic E-state index is 13.2. The van der Waals surface area contributed by atoms with Crippen LogP contribution in [0.2, 0.25) is 0 Å². The molecule has 0 radical (unpaired) electrons. The maximum Gasteiger partial charge on any atom is 0.306 e. The molecule has 4 aliphatic rings. The molecule has 4 rings (SSSR count). The second-order valence-corrected chi connectivity index (χ2v) is 16.2. The third kappa shape index (κ3) is 6.02. The van der Waals surface area contributed by atoms with Crippen LogP contribution in [0.3, 0.4) is 0 Å². The van der Waals surface area contributed by atoms with E-state index >= 15 is 0 Å². The van der Waals surface area contributed by atoms with E-state index in [2.05, 4.69) is 48.1 Å². The summed E-state index contributed by atoms with van der Waals surface area (Å²) < 4.78 is 18.2. The predicted octanol–water partition coefficient (Wildman–Crippen LogP) is 8.48. The number of ketones is 1. The fourth-order valence-electron chi connectivity index (χ4n) is 10.7. The molecule has 7 heteroatoms. The van der Waals surface area contributed by atoms with Gasteiger partial charge in [-0.25, -0.2) is 0 Å². The molecule has 0 spiro atoms. The lowest BCUT2D eigenvalue weighted by molar-refractivity contribution is -0.218. The van der Waals surface area contributed by atoms with Crippen molar-refractivity contribution in [2.75, 3.05) is 0 Å². The highest BCUT2D eigenvalue weighted by molar-refractivity contribution is 5.85. The predicted molar refractivity (Wildman–Crippen MR) is 179 cm³/mol. The van der Waals surface area contributed by atoms with Crippen LogP contribution in [0.1, 0.15) is 140 Å². The van der Waals surface area contributed by atoms with E-state index < -0.39 is 17.6 Å². The monoisotopic (exact) mass is 640 g/mol. The van der Waals surface area contributed by atoms with Gasteiger partial charge in [-0.3, -0.25) is 19.2 Å². The molecule has 0 N–H and O–H groups in total. The highest BCUT2D eigenvalue weighted by atomic mass is 16.6. The van der Waals surface area contributed by atoms with Gasteiger partial charge in [0.15, 0.2) is 6.10 Å². The van der Waals surface area contributed by atoms with Gasteiger partial charge in [0.05, 0.1) is 0 Å². The Balaban J connectivity index is 1.77. The van der Waals surface area contributed by atoms with Crippen molar-refractivity contribution in [2.24, 2.45) is 39.4 Å². The smallest absolute Gasteiger partial charge is 0.306 e. The molecule has 7 nitrogen and oxygen atoms in total. The average molecular weight is 641 g/mol. The highest BCUT2D eigenvalue weighted by Crippen LogP contribution is 2.74. The Morgan fingerprint density at radius 3 is 2.09 bits per heavy atom. The zero-order valence-corrected chi connectivity index (χ0v) is 30.3. The van der Waals surface area contributed by atoms with Crippen molar-refractivity contribution >= 4 is 23.7 Å². The van der Waals surface area contributed by atoms with Crippen LogP contribution in [-0.2, 0) is 33.4 Å². The number of rotatable bonds is 11. The third-order valence-corrected chi connectivity index (χ3v) is 13.3. The quantitative estimate of drug-likeness (QED) is 0.127. The largest absolute Gasteiger partial charge is 0.462 e. The normalized spacial score (nSPS) is 35.2. The van der Waals surface area contributed by atoms with E-state index in [1.54, 1.807) is 13.8 Å². The summed E-state index contributed by atoms with van der Waals surface area (Å²) in [7, 11) is 0. The van der Waals surface area contributed by atoms with Crippen molar-refractivity contribution in [1.29, 1.82) is 0 Å². The van der Waals surface area contributed by atoms with Crippen LogP contribution in [0.4, 0.5) is 0 Å². The Morgan fingerprint density at radius 2 is 1.50 bits per heavy atom. The van der Waals surface area contributed by atoms with Crippen LogP contribution in [0, 0.1) is 39.4 Å². The van der Waals surface area contributed by atoms with Crippen molar-refractivity contribution in [2.45, 2.75) is 158 Å². The highest BCUT2D eigenvalue weighted by Gasteiger charge is 2.70. The number of allylic oxidation sites excluding steroid dienone is 1. The Hall–Kier alpha value is -2.44. The fourth-order valence-corrected chi connectivity index (χ4v) is 10.7. The summed E-state index contributed by atoms with van der Waals surface area (Å²) in [6.45, 7) is 25.0. The molecule has 0 aromatic carbocycles. The molecule has 4 aliphatic carbocycles. The molecular formula is C39H60O7. The lowest BCUT2D eigenvalue weighted by atomic mass is 9.36. The average Bonchev–Trinajstić information content (AvgIpc) is 3.34. The molecule has 0 amide bonds. The Kier molecular flexibility index (Phi) is 10.5. The van der Waals surface area contributed by atoms with Crippen LogP contribution < -0.4 is 0 Å². The first-order chi connectivity index (χ1) is 21.4. The van der Waals surface area contributed by atoms with Crippen LogP contribution in [-0.4, -0.2) is 42.0 Å². The maximum atomic E-state index is 13.2. The van der Waals surface area contributed by atoms with E-state index in [-0.39, 0.29) is 70.9 Å². The molecule has 0 unspecified atom stereocenters. The number of Topliss-reactive ketones (excluding diaryl/α,β-unsaturated/α-hetero) is 1. The van der Waals surface area contributed by atoms with Crippen molar-refractivity contribution in [3.8, 4) is 0 Å². The molecular weight excluding hydrogens is 580 g/mol. The molecule has 0 heterocycles. The first-order valence-corrected chi connectivity index (χ1v) is 17.9. The first-order valence-electron chi connectivity index (χ1n) is 17.9. The SMILES string of the molecule is C=C(C)[C@H](OC(=O)CC)[C@H](C[C@@H](C)C1=C2C[C@H](OC(=O)CC)[C@H]3[C@@]4(C)CCC(=O)C(C)(C)[C@@H]4CC[C@]3(C)[C@@]2(C)CC1)OC(=O)CC. The number of hydrogen-bond donors (Lipinski definition) is 0. The standard InChI is InChI=1S/C39H60O7/c1-12-31(41)44-27(34(23(4)5)46-33(43)14-3)21-24(6)25-15-19-38(10)26(25)22-28(45-32(42)13-2)35-37(9)18-17-30(40)36(7,8)29(37)16-20-39(35,38)11/h24,27-29,34-35H,4,12-22H2,1-3,5-11H3/t24-,27+,28+,29+,34+,35+,37+,38+,39+/m1/s1. The number of ether oxygens (including phenoxy) is 3. The molecule has 0 aliphatic heterocycles. The minimum Gasteiger partial charge on any atom is -0.462 e. The van der Waals surface area contributed by atoms with Gasteiger partial charge in [-0.1, -0.05) is 80.0 Å². The van der Waals surface area contributed by atoms with Crippen molar-refractivity contribution in [3.05, 3.63) is 23.3 Å². The van der Waals surface area contributed by atoms with Gasteiger partial charge in [-0.15, -0.1) is 0 Å². The molecule has 0 saturated heterocycles. The van der Waals surface area contributed by atoms with E-state index in [4.69, 9.17) is 14.2 Å². The second kappa shape index (κ2) is 13.2. The van der Waals surface area contributed by atoms with Gasteiger partial charge in [0.2, 0.25) is 0 Å². The Bertz CT molecular complexity index is 1280. The van der Waals surface area contributed by atoms with Gasteiger partial charge >= 0.3 is 17.9 Å². The molecule has 3 fully saturated rings. The summed E-state index contributed by atoms with van der Waals surface area (Å²) in [5.74, 6) is -0.0551. The zero-order valence-electron chi connectivity index (χ0n) is 30.3. The minimum atomic E-state index is -0.720. The number of hydrogen-bond acceptors (Lipinski definition) is 7. The van der Waals surface area contributed by atoms with Crippen LogP contribution in [0.25, 0.3) is 0 Å². The number of carbonyl (C=O) groups excluding carboxylic acids is 4. The zero-order chi connectivity index (χ0) is 34.4. The summed E-state index contributed by atoms with van der Waals surface area (Å²) in [6.07, 6.45) is 5.67. The van der Waals surface area contributed by atoms with E-state index in [0.29, 0.717) is 37.0 Å². The van der Waals surface area contributed by atoms with Gasteiger partial charge in [0, 0.05) is 43.4 Å². The number of esters is 3. The number of carbonyl (C=O) groups is 4. The van der Waals surface area contributed by atoms with Crippen molar-refractivity contribution < 1.29 is 33.4 Å². The number of fused-ring (bicyclic) bond motifs is 5. The second-order valence-electron chi connectivity index (χ2n) is 16.2. The summed E-state index contributed by atoms with van der Waals surface area (Å²) >= 11 is 0. The Labute approximate surface area is 277 Å². The van der Waals surface area contributed by atoms with E-state index in [9.17, 15) is 19.2 Å². The van der Waals surface area contributed by atoms with Crippen molar-refractivity contribution in [1.82, 2.24) is 0 Å². The van der Waals surface area contributed by atoms with Crippen molar-refractivity contribution in [3.63, 3.8) is 0 Å². The molecule has 9 atom stereocenters. The van der Waals surface area contributed by atoms with Gasteiger partial charge in [0.25, 0.3) is 0 Å². The van der Waals surface area contributed by atoms with Gasteiger partial charge in [-0.05, 0) is 79.1 Å². The fraction of sp³-hybridized carbons (Fsp3) is 0.795. The molecule has 0 aromatic rings. The van der Waals surface area contributed by atoms with Gasteiger partial charge in [0.1, 0.15) is 18.0 Å². The molecule has 46 heavy (non-hydrogen) atoms. The van der Waals surface area contributed by atoms with Gasteiger partial charge < -0.3 is 14.2 Å². The molecule has 0 bridgehead atoms. The summed E-state index contributed by atoms with van der Waals surface area (Å²) in [6, 6.07) is 0. The first kappa shape index (κ1) is 36.4. The van der Waals surface area contributed by atoms with Crippen LogP contribution in [0.15, 0.2) is 23.3 Å². The molecule has 258 valence electrons. The lowest BCUT2D eigenvalue weighted by Crippen LogP contribution is -2.66. The lowest BCUT2D eigenvalue weighted by Gasteiger charge is -2.69. The molecule has 0 aromatic heterocycles. The van der Waals surface area contributed by atoms with E-state index in [1.165, 1.54) is 11.1 Å².